The van der Waals surface area contributed by atoms with E-state index in [0.29, 0.717) is 11.5 Å². The van der Waals surface area contributed by atoms with Gasteiger partial charge in [0.25, 0.3) is 0 Å². The molecule has 4 aliphatic heterocycles. The average molecular weight is 873 g/mol. The molecule has 324 valence electrons. The second-order valence-electron chi connectivity index (χ2n) is 13.9. The lowest BCUT2D eigenvalue weighted by molar-refractivity contribution is -0.135. The summed E-state index contributed by atoms with van der Waals surface area (Å²) in [4.78, 5) is 56.7. The quantitative estimate of drug-likeness (QED) is 0.212. The number of carbonyl (C=O) groups is 4. The second kappa shape index (κ2) is 21.4. The summed E-state index contributed by atoms with van der Waals surface area (Å²) in [6, 6.07) is 4.38. The van der Waals surface area contributed by atoms with Crippen LogP contribution in [0.5, 0.6) is 0 Å². The summed E-state index contributed by atoms with van der Waals surface area (Å²) in [6.07, 6.45) is -2.36. The third kappa shape index (κ3) is 12.3. The van der Waals surface area contributed by atoms with E-state index in [2.05, 4.69) is 17.5 Å². The Bertz CT molecular complexity index is 1830. The van der Waals surface area contributed by atoms with Gasteiger partial charge in [0.1, 0.15) is 36.8 Å². The highest BCUT2D eigenvalue weighted by molar-refractivity contribution is 7.80. The Hall–Kier alpha value is -4.90. The van der Waals surface area contributed by atoms with Gasteiger partial charge in [0.05, 0.1) is 36.0 Å². The fourth-order valence-electron chi connectivity index (χ4n) is 6.53. The molecule has 4 fully saturated rings. The summed E-state index contributed by atoms with van der Waals surface area (Å²) >= 11 is 9.46. The first kappa shape index (κ1) is 46.8. The molecule has 16 nitrogen and oxygen atoms in total. The number of aliphatic hydroxyl groups excluding tert-OH is 2. The summed E-state index contributed by atoms with van der Waals surface area (Å²) in [5.41, 5.74) is 5.20. The monoisotopic (exact) mass is 872 g/mol. The molecule has 0 bridgehead atoms. The van der Waals surface area contributed by atoms with Crippen LogP contribution in [0.25, 0.3) is 0 Å². The molecule has 4 amide bonds. The predicted octanol–water partition coefficient (Wildman–Crippen LogP) is 2.15. The van der Waals surface area contributed by atoms with Crippen LogP contribution >= 0.6 is 24.4 Å². The molecule has 4 aliphatic rings. The Morgan fingerprint density at radius 1 is 0.695 bits per heavy atom. The molecule has 22 heteroatoms. The minimum atomic E-state index is -0.800. The second-order valence-corrected chi connectivity index (χ2v) is 15.3. The summed E-state index contributed by atoms with van der Waals surface area (Å²) in [6.45, 7) is 7.01. The number of carbonyl (C=O) groups excluding carboxylic acids is 4. The minimum absolute atomic E-state index is 0.0683. The average Bonchev–Trinajstić information content (AvgIpc) is 3.77. The molecule has 0 aliphatic carbocycles. The third-order valence-corrected chi connectivity index (χ3v) is 9.53. The maximum atomic E-state index is 14.7. The van der Waals surface area contributed by atoms with Gasteiger partial charge in [-0.15, -0.1) is 0 Å². The van der Waals surface area contributed by atoms with Crippen LogP contribution in [-0.2, 0) is 19.1 Å². The highest BCUT2D eigenvalue weighted by Crippen LogP contribution is 2.33. The lowest BCUT2D eigenvalue weighted by Crippen LogP contribution is -2.50. The zero-order chi connectivity index (χ0) is 43.6. The number of thiocarbonyl (C=S) groups is 2. The number of cyclic esters (lactones) is 2. The zero-order valence-corrected chi connectivity index (χ0v) is 34.4. The number of aliphatic hydroxyl groups is 2. The van der Waals surface area contributed by atoms with E-state index in [-0.39, 0.29) is 94.7 Å². The highest BCUT2D eigenvalue weighted by Gasteiger charge is 2.35. The molecule has 2 aromatic rings. The van der Waals surface area contributed by atoms with Gasteiger partial charge in [-0.1, -0.05) is 24.4 Å². The standard InChI is InChI=1S/C18H22F2N4O4S.C16H20F2N4O4.C3H6S/c1-11(29)21-8-13-9-24(18(27)28-13)12-6-14(19)17(15(20)7-12)23-4-2-22(3-5-23)16(26)10-25;17-12-5-10(22-8-11(7-19)26-16(22)25)6-13(18)15(12)21-3-1-20(2-4-21)14(24)9-23;1-3(2)4/h6-7,13,25H,2-5,8-10H2,1H3,(H,21,29);5-6,11,23H,1-4,7-9,19H2;1-2H3/t13-;11-;/m00./s1. The van der Waals surface area contributed by atoms with E-state index < -0.39 is 72.7 Å². The van der Waals surface area contributed by atoms with Crippen molar-refractivity contribution in [2.75, 3.05) is 111 Å². The number of halogens is 4. The van der Waals surface area contributed by atoms with E-state index >= 15 is 0 Å². The SMILES string of the molecule is CC(=S)NC[C@H]1CN(c2cc(F)c(N3CCN(C(=O)CO)CC3)c(F)c2)C(=O)O1.CC(C)=S.NC[C@H]1CN(c2cc(F)c(N3CCN(C(=O)CO)CC3)c(F)c2)C(=O)O1. The van der Waals surface area contributed by atoms with Crippen molar-refractivity contribution < 1.29 is 56.4 Å². The summed E-state index contributed by atoms with van der Waals surface area (Å²) in [5, 5.41) is 20.7. The summed E-state index contributed by atoms with van der Waals surface area (Å²) in [5.74, 6) is -4.03. The summed E-state index contributed by atoms with van der Waals surface area (Å²) < 4.78 is 68.8. The van der Waals surface area contributed by atoms with Gasteiger partial charge in [-0.2, -0.15) is 0 Å². The fourth-order valence-corrected chi connectivity index (χ4v) is 6.61. The molecule has 0 spiro atoms. The number of amides is 4. The molecule has 0 radical (unpaired) electrons. The molecule has 0 unspecified atom stereocenters. The molecule has 6 rings (SSSR count). The van der Waals surface area contributed by atoms with E-state index in [1.54, 1.807) is 6.92 Å². The van der Waals surface area contributed by atoms with Crippen LogP contribution in [0.3, 0.4) is 0 Å². The van der Waals surface area contributed by atoms with Crippen LogP contribution in [-0.4, -0.2) is 158 Å². The number of benzene rings is 2. The van der Waals surface area contributed by atoms with E-state index in [4.69, 9.17) is 37.6 Å². The van der Waals surface area contributed by atoms with E-state index in [0.717, 1.165) is 34.0 Å². The Balaban J connectivity index is 0.000000240. The minimum Gasteiger partial charge on any atom is -0.443 e. The van der Waals surface area contributed by atoms with E-state index in [9.17, 15) is 36.7 Å². The molecule has 5 N–H and O–H groups in total. The Morgan fingerprint density at radius 2 is 1.03 bits per heavy atom. The van der Waals surface area contributed by atoms with Crippen molar-refractivity contribution in [1.82, 2.24) is 15.1 Å². The van der Waals surface area contributed by atoms with Gasteiger partial charge in [-0.25, -0.2) is 27.2 Å². The lowest BCUT2D eigenvalue weighted by Gasteiger charge is -2.36. The van der Waals surface area contributed by atoms with Crippen molar-refractivity contribution in [2.45, 2.75) is 33.0 Å². The molecule has 0 saturated carbocycles. The van der Waals surface area contributed by atoms with E-state index in [1.165, 1.54) is 24.5 Å². The Kier molecular flexibility index (Phi) is 17.0. The normalized spacial score (nSPS) is 19.0. The zero-order valence-electron chi connectivity index (χ0n) is 32.8. The first-order chi connectivity index (χ1) is 28.0. The molecule has 4 heterocycles. The predicted molar refractivity (Wildman–Crippen MR) is 219 cm³/mol. The van der Waals surface area contributed by atoms with Crippen LogP contribution in [0.2, 0.25) is 0 Å². The number of hydrogen-bond acceptors (Lipinski definition) is 13. The number of anilines is 4. The molecular formula is C37H48F4N8O8S2. The molecule has 2 atom stereocenters. The van der Waals surface area contributed by atoms with E-state index in [1.807, 2.05) is 13.8 Å². The molecule has 59 heavy (non-hydrogen) atoms. The number of rotatable bonds is 9. The number of hydrogen-bond donors (Lipinski definition) is 4. The Labute approximate surface area is 349 Å². The van der Waals surface area contributed by atoms with Crippen LogP contribution in [0.4, 0.5) is 49.9 Å². The molecular weight excluding hydrogens is 825 g/mol. The number of nitrogens with zero attached hydrogens (tertiary/aromatic N) is 6. The van der Waals surface area contributed by atoms with Crippen molar-refractivity contribution in [3.63, 3.8) is 0 Å². The largest absolute Gasteiger partial charge is 0.443 e. The van der Waals surface area contributed by atoms with Gasteiger partial charge in [0.15, 0.2) is 23.3 Å². The number of piperazine rings is 2. The van der Waals surface area contributed by atoms with Crippen LogP contribution < -0.4 is 30.7 Å². The van der Waals surface area contributed by atoms with Crippen LogP contribution in [0.15, 0.2) is 24.3 Å². The van der Waals surface area contributed by atoms with Gasteiger partial charge in [-0.05, 0) is 25.6 Å². The van der Waals surface area contributed by atoms with Crippen molar-refractivity contribution in [3.05, 3.63) is 47.5 Å². The maximum Gasteiger partial charge on any atom is 0.414 e. The molecule has 4 saturated heterocycles. The van der Waals surface area contributed by atoms with Gasteiger partial charge in [0.2, 0.25) is 11.8 Å². The number of nitrogens with two attached hydrogens (primary N) is 1. The first-order valence-electron chi connectivity index (χ1n) is 18.6. The first-order valence-corrected chi connectivity index (χ1v) is 19.4. The summed E-state index contributed by atoms with van der Waals surface area (Å²) in [7, 11) is 0. The third-order valence-electron chi connectivity index (χ3n) is 9.38. The van der Waals surface area contributed by atoms with Gasteiger partial charge in [-0.3, -0.25) is 19.4 Å². The van der Waals surface area contributed by atoms with Crippen LogP contribution in [0, 0.1) is 23.3 Å². The molecule has 0 aromatic heterocycles. The number of ether oxygens (including phenoxy) is 2. The maximum absolute atomic E-state index is 14.7. The number of nitrogens with one attached hydrogen (secondary N) is 1. The topological polar surface area (TPSA) is 185 Å². The fraction of sp³-hybridized carbons (Fsp3) is 0.514. The van der Waals surface area contributed by atoms with Crippen molar-refractivity contribution in [2.24, 2.45) is 5.73 Å². The Morgan fingerprint density at radius 3 is 1.34 bits per heavy atom. The van der Waals surface area contributed by atoms with Crippen molar-refractivity contribution in [3.8, 4) is 0 Å². The molecule has 2 aromatic carbocycles. The lowest BCUT2D eigenvalue weighted by atomic mass is 10.2. The van der Waals surface area contributed by atoms with Crippen LogP contribution in [0.1, 0.15) is 20.8 Å². The van der Waals surface area contributed by atoms with Crippen molar-refractivity contribution >= 4 is 81.0 Å². The smallest absolute Gasteiger partial charge is 0.414 e. The van der Waals surface area contributed by atoms with Crippen molar-refractivity contribution in [1.29, 1.82) is 0 Å². The van der Waals surface area contributed by atoms with Gasteiger partial charge in [0, 0.05) is 83.2 Å². The highest BCUT2D eigenvalue weighted by atomic mass is 32.1. The van der Waals surface area contributed by atoms with Gasteiger partial charge < -0.3 is 50.3 Å². The van der Waals surface area contributed by atoms with Gasteiger partial charge >= 0.3 is 12.2 Å².